The van der Waals surface area contributed by atoms with Gasteiger partial charge in [-0.2, -0.15) is 13.2 Å². The van der Waals surface area contributed by atoms with E-state index >= 15 is 0 Å². The van der Waals surface area contributed by atoms with E-state index in [-0.39, 0.29) is 0 Å². The molecule has 0 fully saturated rings. The Kier molecular flexibility index (Phi) is 5.81. The highest BCUT2D eigenvalue weighted by Crippen LogP contribution is 2.42. The Labute approximate surface area is 146 Å². The first-order chi connectivity index (χ1) is 11.7. The second kappa shape index (κ2) is 7.51. The molecule has 136 valence electrons. The maximum Gasteiger partial charge on any atom is 0.424 e. The van der Waals surface area contributed by atoms with E-state index in [4.69, 9.17) is 4.74 Å². The minimum Gasteiger partial charge on any atom is -0.380 e. The Balaban J connectivity index is 2.19. The van der Waals surface area contributed by atoms with Crippen molar-refractivity contribution in [1.82, 2.24) is 4.98 Å². The van der Waals surface area contributed by atoms with Gasteiger partial charge >= 0.3 is 6.18 Å². The van der Waals surface area contributed by atoms with Crippen LogP contribution in [0.3, 0.4) is 0 Å². The molecule has 0 bridgehead atoms. The number of amides is 1. The van der Waals surface area contributed by atoms with Crippen molar-refractivity contribution in [1.29, 1.82) is 0 Å². The van der Waals surface area contributed by atoms with E-state index in [1.165, 1.54) is 25.5 Å². The number of aromatic nitrogens is 1. The highest BCUT2D eigenvalue weighted by molar-refractivity contribution is 7.09. The van der Waals surface area contributed by atoms with Gasteiger partial charge in [-0.15, -0.1) is 11.3 Å². The first-order valence-corrected chi connectivity index (χ1v) is 8.13. The number of hydrogen-bond acceptors (Lipinski definition) is 5. The molecule has 9 heteroatoms. The molecule has 1 amide bonds. The summed E-state index contributed by atoms with van der Waals surface area (Å²) in [5.41, 5.74) is -1.92. The summed E-state index contributed by atoms with van der Waals surface area (Å²) in [7, 11) is 1.50. The maximum absolute atomic E-state index is 13.4. The number of hydrogen-bond donors (Lipinski definition) is 2. The molecule has 0 aliphatic carbocycles. The number of halogens is 3. The number of carbonyl (C=O) groups is 1. The van der Waals surface area contributed by atoms with Crippen LogP contribution in [0, 0.1) is 6.92 Å². The van der Waals surface area contributed by atoms with Crippen molar-refractivity contribution in [2.24, 2.45) is 0 Å². The van der Waals surface area contributed by atoms with Crippen molar-refractivity contribution in [2.75, 3.05) is 12.4 Å². The summed E-state index contributed by atoms with van der Waals surface area (Å²) >= 11 is 0.663. The first kappa shape index (κ1) is 19.4. The van der Waals surface area contributed by atoms with Crippen LogP contribution in [0.1, 0.15) is 22.7 Å². The van der Waals surface area contributed by atoms with E-state index < -0.39 is 29.1 Å². The van der Waals surface area contributed by atoms with Crippen molar-refractivity contribution in [3.63, 3.8) is 0 Å². The van der Waals surface area contributed by atoms with Crippen LogP contribution in [0.15, 0.2) is 29.6 Å². The normalized spacial score (nSPS) is 14.2. The third-order valence-corrected chi connectivity index (χ3v) is 4.49. The number of carbonyl (C=O) groups excluding carboxylic acids is 1. The van der Waals surface area contributed by atoms with Gasteiger partial charge in [-0.1, -0.05) is 12.1 Å². The number of nitrogens with zero attached hydrogens (tertiary/aromatic N) is 1. The molecule has 0 aliphatic rings. The summed E-state index contributed by atoms with van der Waals surface area (Å²) in [5, 5.41) is 13.4. The van der Waals surface area contributed by atoms with Crippen molar-refractivity contribution < 1.29 is 27.8 Å². The molecule has 1 aromatic heterocycles. The lowest BCUT2D eigenvalue weighted by atomic mass is 9.99. The Bertz CT molecular complexity index is 748. The van der Waals surface area contributed by atoms with Crippen LogP contribution in [-0.2, 0) is 21.7 Å². The smallest absolute Gasteiger partial charge is 0.380 e. The first-order valence-electron chi connectivity index (χ1n) is 7.25. The van der Waals surface area contributed by atoms with E-state index in [1.54, 1.807) is 18.2 Å². The lowest BCUT2D eigenvalue weighted by Gasteiger charge is -2.27. The highest BCUT2D eigenvalue weighted by atomic mass is 32.1. The quantitative estimate of drug-likeness (QED) is 0.813. The molecule has 2 aromatic rings. The summed E-state index contributed by atoms with van der Waals surface area (Å²) in [6.07, 6.45) is -6.22. The molecular weight excluding hydrogens is 357 g/mol. The Morgan fingerprint density at radius 3 is 2.68 bits per heavy atom. The van der Waals surface area contributed by atoms with Crippen LogP contribution >= 0.6 is 11.3 Å². The SMILES string of the molecule is COCc1cccc(NC(=O)C[C@@](O)(c2nc(C)cs2)C(F)(F)F)c1. The van der Waals surface area contributed by atoms with Crippen LogP contribution in [0.4, 0.5) is 18.9 Å². The van der Waals surface area contributed by atoms with Crippen LogP contribution in [0.5, 0.6) is 0 Å². The molecule has 25 heavy (non-hydrogen) atoms. The molecule has 2 N–H and O–H groups in total. The number of aliphatic hydroxyl groups is 1. The lowest BCUT2D eigenvalue weighted by molar-refractivity contribution is -0.266. The summed E-state index contributed by atoms with van der Waals surface area (Å²) in [6.45, 7) is 1.81. The fourth-order valence-electron chi connectivity index (χ4n) is 2.18. The average molecular weight is 374 g/mol. The molecule has 0 aliphatic heterocycles. The molecule has 0 spiro atoms. The molecule has 0 unspecified atom stereocenters. The number of methoxy groups -OCH3 is 1. The zero-order valence-corrected chi connectivity index (χ0v) is 14.4. The van der Waals surface area contributed by atoms with Crippen LogP contribution in [0.2, 0.25) is 0 Å². The fraction of sp³-hybridized carbons (Fsp3) is 0.375. The number of alkyl halides is 3. The Morgan fingerprint density at radius 2 is 2.12 bits per heavy atom. The molecule has 2 rings (SSSR count). The molecular formula is C16H17F3N2O3S. The van der Waals surface area contributed by atoms with E-state index in [1.807, 2.05) is 0 Å². The zero-order valence-electron chi connectivity index (χ0n) is 13.6. The van der Waals surface area contributed by atoms with E-state index in [2.05, 4.69) is 10.3 Å². The topological polar surface area (TPSA) is 71.5 Å². The van der Waals surface area contributed by atoms with Gasteiger partial charge in [0.15, 0.2) is 0 Å². The average Bonchev–Trinajstić information content (AvgIpc) is 2.93. The fourth-order valence-corrected chi connectivity index (χ4v) is 3.10. The number of aryl methyl sites for hydroxylation is 1. The Hall–Kier alpha value is -1.97. The largest absolute Gasteiger partial charge is 0.424 e. The van der Waals surface area contributed by atoms with Gasteiger partial charge in [0.2, 0.25) is 11.5 Å². The van der Waals surface area contributed by atoms with Gasteiger partial charge in [0.25, 0.3) is 0 Å². The van der Waals surface area contributed by atoms with Crippen molar-refractivity contribution in [3.8, 4) is 0 Å². The summed E-state index contributed by atoms with van der Waals surface area (Å²) < 4.78 is 45.1. The standard InChI is InChI=1S/C16H17F3N2O3S/c1-10-9-25-14(20-10)15(23,16(17,18)19)7-13(22)21-12-5-3-4-11(6-12)8-24-2/h3-6,9,23H,7-8H2,1-2H3,(H,21,22)/t15-/m1/s1. The highest BCUT2D eigenvalue weighted by Gasteiger charge is 2.58. The van der Waals surface area contributed by atoms with Crippen LogP contribution in [0.25, 0.3) is 0 Å². The van der Waals surface area contributed by atoms with Gasteiger partial charge in [-0.05, 0) is 24.6 Å². The van der Waals surface area contributed by atoms with E-state index in [9.17, 15) is 23.1 Å². The molecule has 0 radical (unpaired) electrons. The van der Waals surface area contributed by atoms with Gasteiger partial charge in [0.1, 0.15) is 5.01 Å². The number of anilines is 1. The van der Waals surface area contributed by atoms with Gasteiger partial charge in [-0.25, -0.2) is 4.98 Å². The summed E-state index contributed by atoms with van der Waals surface area (Å²) in [5.74, 6) is -0.970. The van der Waals surface area contributed by atoms with Crippen LogP contribution < -0.4 is 5.32 Å². The minimum atomic E-state index is -5.04. The van der Waals surface area contributed by atoms with E-state index in [0.717, 1.165) is 5.56 Å². The van der Waals surface area contributed by atoms with Crippen molar-refractivity contribution in [3.05, 3.63) is 45.9 Å². The monoisotopic (exact) mass is 374 g/mol. The number of thiazole rings is 1. The number of ether oxygens (including phenoxy) is 1. The molecule has 1 heterocycles. The molecule has 0 saturated carbocycles. The lowest BCUT2D eigenvalue weighted by Crippen LogP contribution is -2.45. The van der Waals surface area contributed by atoms with Crippen molar-refractivity contribution >= 4 is 22.9 Å². The summed E-state index contributed by atoms with van der Waals surface area (Å²) in [4.78, 5) is 15.8. The maximum atomic E-state index is 13.4. The number of benzene rings is 1. The molecule has 5 nitrogen and oxygen atoms in total. The third-order valence-electron chi connectivity index (χ3n) is 3.38. The number of rotatable bonds is 6. The van der Waals surface area contributed by atoms with E-state index in [0.29, 0.717) is 29.3 Å². The second-order valence-electron chi connectivity index (χ2n) is 5.51. The molecule has 1 atom stereocenters. The van der Waals surface area contributed by atoms with Gasteiger partial charge in [-0.3, -0.25) is 4.79 Å². The van der Waals surface area contributed by atoms with Crippen LogP contribution in [-0.4, -0.2) is 29.3 Å². The minimum absolute atomic E-state index is 0.300. The van der Waals surface area contributed by atoms with Gasteiger partial charge in [0.05, 0.1) is 13.0 Å². The number of nitrogens with one attached hydrogen (secondary N) is 1. The molecule has 0 saturated heterocycles. The molecule has 1 aromatic carbocycles. The van der Waals surface area contributed by atoms with Gasteiger partial charge in [0, 0.05) is 23.9 Å². The zero-order chi connectivity index (χ0) is 18.7. The third kappa shape index (κ3) is 4.56. The van der Waals surface area contributed by atoms with Crippen molar-refractivity contribution in [2.45, 2.75) is 31.7 Å². The second-order valence-corrected chi connectivity index (χ2v) is 6.37. The van der Waals surface area contributed by atoms with Gasteiger partial charge < -0.3 is 15.2 Å². The Morgan fingerprint density at radius 1 is 1.40 bits per heavy atom. The predicted molar refractivity (Wildman–Crippen MR) is 87.2 cm³/mol. The predicted octanol–water partition coefficient (Wildman–Crippen LogP) is 3.38. The summed E-state index contributed by atoms with van der Waals surface area (Å²) in [6, 6.07) is 6.52.